The van der Waals surface area contributed by atoms with Gasteiger partial charge in [-0.25, -0.2) is 0 Å². The molecule has 146 valence electrons. The number of unbranched alkanes of at least 4 members (excludes halogenated alkanes) is 1. The second-order valence-corrected chi connectivity index (χ2v) is 9.35. The lowest BCUT2D eigenvalue weighted by Gasteiger charge is -2.39. The number of ether oxygens (including phenoxy) is 2. The summed E-state index contributed by atoms with van der Waals surface area (Å²) in [7, 11) is 0. The van der Waals surface area contributed by atoms with Crippen molar-refractivity contribution in [1.29, 1.82) is 0 Å². The number of cyclic esters (lactones) is 1. The van der Waals surface area contributed by atoms with Crippen molar-refractivity contribution in [2.75, 3.05) is 0 Å². The van der Waals surface area contributed by atoms with Gasteiger partial charge >= 0.3 is 5.97 Å². The Labute approximate surface area is 155 Å². The van der Waals surface area contributed by atoms with Gasteiger partial charge in [0, 0.05) is 5.92 Å². The summed E-state index contributed by atoms with van der Waals surface area (Å²) in [5, 5.41) is 0. The minimum atomic E-state index is -0.320. The normalized spacial score (nSPS) is 36.2. The van der Waals surface area contributed by atoms with E-state index in [-0.39, 0.29) is 30.2 Å². The van der Waals surface area contributed by atoms with Crippen molar-refractivity contribution in [2.45, 2.75) is 98.9 Å². The third-order valence-electron chi connectivity index (χ3n) is 6.29. The minimum absolute atomic E-state index is 0.0232. The molecule has 1 saturated carbocycles. The highest BCUT2D eigenvalue weighted by Crippen LogP contribution is 2.41. The minimum Gasteiger partial charge on any atom is -0.435 e. The van der Waals surface area contributed by atoms with E-state index in [2.05, 4.69) is 41.5 Å². The van der Waals surface area contributed by atoms with Crippen LogP contribution in [0.1, 0.15) is 86.5 Å². The first-order valence-electron chi connectivity index (χ1n) is 10.7. The molecule has 0 amide bonds. The number of esters is 1. The summed E-state index contributed by atoms with van der Waals surface area (Å²) in [5.74, 6) is 2.66. The summed E-state index contributed by atoms with van der Waals surface area (Å²) in [6, 6.07) is 0. The third kappa shape index (κ3) is 5.45. The third-order valence-corrected chi connectivity index (χ3v) is 6.29. The smallest absolute Gasteiger partial charge is 0.311 e. The van der Waals surface area contributed by atoms with Crippen molar-refractivity contribution in [2.24, 2.45) is 35.5 Å². The maximum atomic E-state index is 12.5. The molecule has 0 aromatic rings. The van der Waals surface area contributed by atoms with Gasteiger partial charge in [-0.05, 0) is 49.4 Å². The van der Waals surface area contributed by atoms with Crippen LogP contribution in [0.5, 0.6) is 0 Å². The molecule has 0 aromatic heterocycles. The van der Waals surface area contributed by atoms with Gasteiger partial charge in [0.05, 0.1) is 12.0 Å². The first-order chi connectivity index (χ1) is 11.8. The molecule has 2 aliphatic rings. The summed E-state index contributed by atoms with van der Waals surface area (Å²) in [6.07, 6.45) is 7.81. The molecule has 2 fully saturated rings. The van der Waals surface area contributed by atoms with Crippen LogP contribution in [-0.2, 0) is 14.3 Å². The fraction of sp³-hybridized carbons (Fsp3) is 0.955. The second-order valence-electron chi connectivity index (χ2n) is 9.35. The summed E-state index contributed by atoms with van der Waals surface area (Å²) in [4.78, 5) is 12.5. The monoisotopic (exact) mass is 352 g/mol. The number of carbonyl (C=O) groups is 1. The molecule has 0 N–H and O–H groups in total. The molecule has 1 aliphatic carbocycles. The molecule has 1 aliphatic heterocycles. The van der Waals surface area contributed by atoms with E-state index in [1.165, 1.54) is 12.8 Å². The molecular weight excluding hydrogens is 312 g/mol. The number of hydrogen-bond acceptors (Lipinski definition) is 3. The van der Waals surface area contributed by atoms with Crippen LogP contribution in [0.4, 0.5) is 0 Å². The highest BCUT2D eigenvalue weighted by Gasteiger charge is 2.47. The van der Waals surface area contributed by atoms with Crippen molar-refractivity contribution < 1.29 is 14.3 Å². The van der Waals surface area contributed by atoms with Crippen LogP contribution in [-0.4, -0.2) is 18.4 Å². The van der Waals surface area contributed by atoms with Crippen LogP contribution in [0.15, 0.2) is 0 Å². The predicted octanol–water partition coefficient (Wildman–Crippen LogP) is 5.82. The van der Waals surface area contributed by atoms with Crippen molar-refractivity contribution >= 4 is 5.97 Å². The standard InChI is InChI=1S/C22H40O3/c1-7-8-9-18-19(12-14(2)3)21(23)25-22(18)24-20-13-16(6)10-11-17(20)15(4)5/h14-20,22H,7-13H2,1-6H3/t16-,17+,18-,19-,20-,22-/m1/s1. The highest BCUT2D eigenvalue weighted by atomic mass is 16.7. The van der Waals surface area contributed by atoms with Gasteiger partial charge in [0.1, 0.15) is 0 Å². The van der Waals surface area contributed by atoms with Gasteiger partial charge in [-0.3, -0.25) is 4.79 Å². The number of carbonyl (C=O) groups excluding carboxylic acids is 1. The first kappa shape index (κ1) is 20.7. The Bertz CT molecular complexity index is 417. The van der Waals surface area contributed by atoms with E-state index in [9.17, 15) is 4.79 Å². The van der Waals surface area contributed by atoms with E-state index in [1.807, 2.05) is 0 Å². The molecule has 0 unspecified atom stereocenters. The van der Waals surface area contributed by atoms with Gasteiger partial charge in [0.2, 0.25) is 6.29 Å². The maximum absolute atomic E-state index is 12.5. The Hall–Kier alpha value is -0.570. The van der Waals surface area contributed by atoms with Gasteiger partial charge in [0.25, 0.3) is 0 Å². The largest absolute Gasteiger partial charge is 0.435 e. The van der Waals surface area contributed by atoms with E-state index in [0.717, 1.165) is 32.1 Å². The molecule has 6 atom stereocenters. The molecule has 1 heterocycles. The van der Waals surface area contributed by atoms with Crippen molar-refractivity contribution in [3.05, 3.63) is 0 Å². The Morgan fingerprint density at radius 2 is 1.92 bits per heavy atom. The quantitative estimate of drug-likeness (QED) is 0.517. The van der Waals surface area contributed by atoms with E-state index in [1.54, 1.807) is 0 Å². The van der Waals surface area contributed by atoms with E-state index < -0.39 is 0 Å². The van der Waals surface area contributed by atoms with Gasteiger partial charge in [-0.1, -0.05) is 60.8 Å². The van der Waals surface area contributed by atoms with Gasteiger partial charge < -0.3 is 9.47 Å². The zero-order chi connectivity index (χ0) is 18.6. The average molecular weight is 353 g/mol. The fourth-order valence-corrected chi connectivity index (χ4v) is 4.78. The SMILES string of the molecule is CCCC[C@H]1[C@H](O[C@@H]2C[C@H](C)CC[C@H]2C(C)C)OC(=O)[C@@H]1CC(C)C. The summed E-state index contributed by atoms with van der Waals surface area (Å²) in [6.45, 7) is 13.5. The van der Waals surface area contributed by atoms with E-state index >= 15 is 0 Å². The molecule has 2 rings (SSSR count). The van der Waals surface area contributed by atoms with E-state index in [4.69, 9.17) is 9.47 Å². The Morgan fingerprint density at radius 1 is 1.20 bits per heavy atom. The number of rotatable bonds is 8. The van der Waals surface area contributed by atoms with Crippen molar-refractivity contribution in [1.82, 2.24) is 0 Å². The maximum Gasteiger partial charge on any atom is 0.311 e. The van der Waals surface area contributed by atoms with Crippen LogP contribution in [0.2, 0.25) is 0 Å². The Morgan fingerprint density at radius 3 is 2.52 bits per heavy atom. The van der Waals surface area contributed by atoms with Gasteiger partial charge in [-0.15, -0.1) is 0 Å². The van der Waals surface area contributed by atoms with E-state index in [0.29, 0.717) is 23.7 Å². The van der Waals surface area contributed by atoms with Crippen LogP contribution >= 0.6 is 0 Å². The molecular formula is C22H40O3. The van der Waals surface area contributed by atoms with Gasteiger partial charge in [0.15, 0.2) is 0 Å². The van der Waals surface area contributed by atoms with Crippen LogP contribution in [0, 0.1) is 35.5 Å². The average Bonchev–Trinajstić information content (AvgIpc) is 2.80. The van der Waals surface area contributed by atoms with Crippen molar-refractivity contribution in [3.8, 4) is 0 Å². The molecule has 3 nitrogen and oxygen atoms in total. The molecule has 0 bridgehead atoms. The van der Waals surface area contributed by atoms with Crippen LogP contribution < -0.4 is 0 Å². The molecule has 0 aromatic carbocycles. The summed E-state index contributed by atoms with van der Waals surface area (Å²) >= 11 is 0. The molecule has 1 saturated heterocycles. The fourth-order valence-electron chi connectivity index (χ4n) is 4.78. The lowest BCUT2D eigenvalue weighted by Crippen LogP contribution is -2.39. The molecule has 25 heavy (non-hydrogen) atoms. The Balaban J connectivity index is 2.10. The topological polar surface area (TPSA) is 35.5 Å². The van der Waals surface area contributed by atoms with Crippen LogP contribution in [0.25, 0.3) is 0 Å². The van der Waals surface area contributed by atoms with Crippen LogP contribution in [0.3, 0.4) is 0 Å². The molecule has 0 radical (unpaired) electrons. The summed E-state index contributed by atoms with van der Waals surface area (Å²) < 4.78 is 12.3. The first-order valence-corrected chi connectivity index (χ1v) is 10.7. The Kier molecular flexibility index (Phi) is 7.79. The van der Waals surface area contributed by atoms with Gasteiger partial charge in [-0.2, -0.15) is 0 Å². The predicted molar refractivity (Wildman–Crippen MR) is 102 cm³/mol. The lowest BCUT2D eigenvalue weighted by molar-refractivity contribution is -0.196. The molecule has 3 heteroatoms. The number of hydrogen-bond donors (Lipinski definition) is 0. The zero-order valence-corrected chi connectivity index (χ0v) is 17.3. The van der Waals surface area contributed by atoms with Crippen molar-refractivity contribution in [3.63, 3.8) is 0 Å². The zero-order valence-electron chi connectivity index (χ0n) is 17.3. The highest BCUT2D eigenvalue weighted by molar-refractivity contribution is 5.75. The lowest BCUT2D eigenvalue weighted by atomic mass is 9.75. The molecule has 0 spiro atoms. The second kappa shape index (κ2) is 9.39. The summed E-state index contributed by atoms with van der Waals surface area (Å²) in [5.41, 5.74) is 0.